The second-order valence-corrected chi connectivity index (χ2v) is 6.08. The molecule has 138 valence electrons. The molecule has 0 atom stereocenters. The molecule has 0 aliphatic heterocycles. The van der Waals surface area contributed by atoms with Gasteiger partial charge in [0.1, 0.15) is 11.6 Å². The average molecular weight is 363 g/mol. The van der Waals surface area contributed by atoms with E-state index in [9.17, 15) is 14.9 Å². The van der Waals surface area contributed by atoms with E-state index in [2.05, 4.69) is 10.6 Å². The zero-order valence-electron chi connectivity index (χ0n) is 15.7. The number of carbonyl (C=O) groups excluding carboxylic acids is 2. The fourth-order valence-corrected chi connectivity index (χ4v) is 2.75. The molecule has 0 aromatic heterocycles. The Labute approximate surface area is 158 Å². The summed E-state index contributed by atoms with van der Waals surface area (Å²) in [6.45, 7) is 5.78. The van der Waals surface area contributed by atoms with Gasteiger partial charge in [-0.3, -0.25) is 4.79 Å². The van der Waals surface area contributed by atoms with Gasteiger partial charge in [0.2, 0.25) is 0 Å². The molecule has 2 aromatic carbocycles. The first-order valence-electron chi connectivity index (χ1n) is 8.30. The van der Waals surface area contributed by atoms with Crippen LogP contribution in [0.15, 0.2) is 48.2 Å². The predicted molar refractivity (Wildman–Crippen MR) is 104 cm³/mol. The lowest BCUT2D eigenvalue weighted by molar-refractivity contribution is -0.112. The van der Waals surface area contributed by atoms with Crippen LogP contribution in [0.3, 0.4) is 0 Å². The lowest BCUT2D eigenvalue weighted by atomic mass is 10.0. The molecule has 0 radical (unpaired) electrons. The molecule has 6 nitrogen and oxygen atoms in total. The molecule has 0 bridgehead atoms. The summed E-state index contributed by atoms with van der Waals surface area (Å²) in [5, 5.41) is 15.0. The van der Waals surface area contributed by atoms with Gasteiger partial charge >= 0.3 is 5.97 Å². The Morgan fingerprint density at radius 3 is 2.33 bits per heavy atom. The fraction of sp³-hybridized carbons (Fsp3) is 0.190. The Bertz CT molecular complexity index is 932. The molecule has 0 fully saturated rings. The average Bonchev–Trinajstić information content (AvgIpc) is 2.64. The molecule has 27 heavy (non-hydrogen) atoms. The number of para-hydroxylation sites is 1. The number of nitrogens with one attached hydrogen (secondary N) is 2. The van der Waals surface area contributed by atoms with Gasteiger partial charge in [-0.15, -0.1) is 0 Å². The molecule has 6 heteroatoms. The zero-order valence-corrected chi connectivity index (χ0v) is 15.7. The monoisotopic (exact) mass is 363 g/mol. The van der Waals surface area contributed by atoms with Crippen LogP contribution in [0, 0.1) is 32.1 Å². The third-order valence-corrected chi connectivity index (χ3v) is 3.99. The van der Waals surface area contributed by atoms with Gasteiger partial charge in [0.25, 0.3) is 5.91 Å². The normalized spacial score (nSPS) is 10.7. The van der Waals surface area contributed by atoms with Crippen molar-refractivity contribution in [3.05, 3.63) is 70.4 Å². The molecule has 0 saturated carbocycles. The molecule has 2 rings (SSSR count). The van der Waals surface area contributed by atoms with E-state index in [4.69, 9.17) is 4.74 Å². The standard InChI is InChI=1S/C21H21N3O3/c1-13-9-14(2)19(15(3)10-13)24-20(25)16(11-22)12-23-18-8-6-5-7-17(18)21(26)27-4/h5-10,12,23H,1-4H3,(H,24,25)/b16-12-. The summed E-state index contributed by atoms with van der Waals surface area (Å²) >= 11 is 0. The zero-order chi connectivity index (χ0) is 20.0. The number of benzene rings is 2. The number of nitriles is 1. The van der Waals surface area contributed by atoms with Gasteiger partial charge in [-0.05, 0) is 44.0 Å². The number of aryl methyl sites for hydroxylation is 3. The molecule has 0 saturated heterocycles. The third-order valence-electron chi connectivity index (χ3n) is 3.99. The van der Waals surface area contributed by atoms with E-state index in [0.717, 1.165) is 16.7 Å². The Kier molecular flexibility index (Phi) is 6.34. The Balaban J connectivity index is 2.24. The number of hydrogen-bond donors (Lipinski definition) is 2. The van der Waals surface area contributed by atoms with Gasteiger partial charge in [-0.1, -0.05) is 29.8 Å². The number of rotatable bonds is 5. The van der Waals surface area contributed by atoms with Crippen LogP contribution in [0.5, 0.6) is 0 Å². The van der Waals surface area contributed by atoms with Gasteiger partial charge in [-0.25, -0.2) is 4.79 Å². The molecule has 0 aliphatic rings. The largest absolute Gasteiger partial charge is 0.465 e. The van der Waals surface area contributed by atoms with Crippen LogP contribution in [0.1, 0.15) is 27.0 Å². The van der Waals surface area contributed by atoms with E-state index in [0.29, 0.717) is 16.9 Å². The fourth-order valence-electron chi connectivity index (χ4n) is 2.75. The number of methoxy groups -OCH3 is 1. The smallest absolute Gasteiger partial charge is 0.339 e. The molecule has 2 aromatic rings. The molecule has 1 amide bonds. The van der Waals surface area contributed by atoms with Crippen LogP contribution in [0.2, 0.25) is 0 Å². The molecule has 0 unspecified atom stereocenters. The lowest BCUT2D eigenvalue weighted by Crippen LogP contribution is -2.16. The molecule has 0 spiro atoms. The van der Waals surface area contributed by atoms with Crippen molar-refractivity contribution in [2.45, 2.75) is 20.8 Å². The summed E-state index contributed by atoms with van der Waals surface area (Å²) in [7, 11) is 1.29. The van der Waals surface area contributed by atoms with Crippen LogP contribution in [0.4, 0.5) is 11.4 Å². The van der Waals surface area contributed by atoms with Crippen LogP contribution < -0.4 is 10.6 Å². The molecule has 0 aliphatic carbocycles. The SMILES string of the molecule is COC(=O)c1ccccc1N/C=C(/C#N)C(=O)Nc1c(C)cc(C)cc1C. The summed E-state index contributed by atoms with van der Waals surface area (Å²) in [4.78, 5) is 24.3. The first kappa shape index (κ1) is 19.7. The van der Waals surface area contributed by atoms with Crippen molar-refractivity contribution in [3.63, 3.8) is 0 Å². The Morgan fingerprint density at radius 2 is 1.74 bits per heavy atom. The summed E-state index contributed by atoms with van der Waals surface area (Å²) in [5.41, 5.74) is 4.24. The van der Waals surface area contributed by atoms with Gasteiger partial charge in [0.15, 0.2) is 0 Å². The molecule has 2 N–H and O–H groups in total. The van der Waals surface area contributed by atoms with Crippen molar-refractivity contribution < 1.29 is 14.3 Å². The van der Waals surface area contributed by atoms with Gasteiger partial charge < -0.3 is 15.4 Å². The predicted octanol–water partition coefficient (Wildman–Crippen LogP) is 3.86. The van der Waals surface area contributed by atoms with Crippen molar-refractivity contribution >= 4 is 23.3 Å². The van der Waals surface area contributed by atoms with Crippen molar-refractivity contribution in [2.24, 2.45) is 0 Å². The summed E-state index contributed by atoms with van der Waals surface area (Å²) in [6, 6.07) is 12.5. The van der Waals surface area contributed by atoms with Crippen LogP contribution in [-0.4, -0.2) is 19.0 Å². The number of esters is 1. The summed E-state index contributed by atoms with van der Waals surface area (Å²) in [6.07, 6.45) is 1.27. The van der Waals surface area contributed by atoms with E-state index in [1.807, 2.05) is 39.0 Å². The van der Waals surface area contributed by atoms with E-state index in [1.54, 1.807) is 24.3 Å². The second kappa shape index (κ2) is 8.68. The van der Waals surface area contributed by atoms with Crippen LogP contribution in [-0.2, 0) is 9.53 Å². The highest BCUT2D eigenvalue weighted by molar-refractivity contribution is 6.07. The van der Waals surface area contributed by atoms with Crippen molar-refractivity contribution in [3.8, 4) is 6.07 Å². The number of carbonyl (C=O) groups is 2. The van der Waals surface area contributed by atoms with E-state index >= 15 is 0 Å². The third kappa shape index (κ3) is 4.73. The van der Waals surface area contributed by atoms with Crippen molar-refractivity contribution in [1.29, 1.82) is 5.26 Å². The van der Waals surface area contributed by atoms with Crippen molar-refractivity contribution in [2.75, 3.05) is 17.7 Å². The maximum absolute atomic E-state index is 12.5. The summed E-state index contributed by atoms with van der Waals surface area (Å²) < 4.78 is 4.73. The minimum Gasteiger partial charge on any atom is -0.465 e. The van der Waals surface area contributed by atoms with Crippen molar-refractivity contribution in [1.82, 2.24) is 0 Å². The second-order valence-electron chi connectivity index (χ2n) is 6.08. The van der Waals surface area contributed by atoms with Gasteiger partial charge in [-0.2, -0.15) is 5.26 Å². The number of amides is 1. The highest BCUT2D eigenvalue weighted by atomic mass is 16.5. The minimum atomic E-state index is -0.532. The number of anilines is 2. The highest BCUT2D eigenvalue weighted by Crippen LogP contribution is 2.22. The van der Waals surface area contributed by atoms with E-state index in [1.165, 1.54) is 13.3 Å². The number of nitrogens with zero attached hydrogens (tertiary/aromatic N) is 1. The maximum Gasteiger partial charge on any atom is 0.339 e. The van der Waals surface area contributed by atoms with Crippen LogP contribution in [0.25, 0.3) is 0 Å². The summed E-state index contributed by atoms with van der Waals surface area (Å²) in [5.74, 6) is -1.05. The van der Waals surface area contributed by atoms with Crippen LogP contribution >= 0.6 is 0 Å². The van der Waals surface area contributed by atoms with Gasteiger partial charge in [0.05, 0.1) is 18.4 Å². The molecule has 0 heterocycles. The quantitative estimate of drug-likeness (QED) is 0.478. The lowest BCUT2D eigenvalue weighted by Gasteiger charge is -2.13. The topological polar surface area (TPSA) is 91.2 Å². The molecular weight excluding hydrogens is 342 g/mol. The number of hydrogen-bond acceptors (Lipinski definition) is 5. The number of ether oxygens (including phenoxy) is 1. The Hall–Kier alpha value is -3.59. The first-order chi connectivity index (χ1) is 12.9. The van der Waals surface area contributed by atoms with E-state index < -0.39 is 11.9 Å². The minimum absolute atomic E-state index is 0.117. The Morgan fingerprint density at radius 1 is 1.11 bits per heavy atom. The van der Waals surface area contributed by atoms with E-state index in [-0.39, 0.29) is 5.57 Å². The first-order valence-corrected chi connectivity index (χ1v) is 8.30. The molecular formula is C21H21N3O3. The highest BCUT2D eigenvalue weighted by Gasteiger charge is 2.14. The maximum atomic E-state index is 12.5. The van der Waals surface area contributed by atoms with Gasteiger partial charge in [0, 0.05) is 11.9 Å².